The molecule has 1 aromatic heterocycles. The lowest BCUT2D eigenvalue weighted by Crippen LogP contribution is -2.33. The fourth-order valence-corrected chi connectivity index (χ4v) is 4.01. The van der Waals surface area contributed by atoms with Gasteiger partial charge in [0.15, 0.2) is 0 Å². The van der Waals surface area contributed by atoms with Crippen LogP contribution in [0.3, 0.4) is 0 Å². The van der Waals surface area contributed by atoms with Crippen molar-refractivity contribution >= 4 is 39.3 Å². The van der Waals surface area contributed by atoms with Crippen molar-refractivity contribution in [1.29, 1.82) is 0 Å². The van der Waals surface area contributed by atoms with Gasteiger partial charge in [0, 0.05) is 26.2 Å². The molecular formula is C19H21BrFN5O3. The second-order valence-corrected chi connectivity index (χ2v) is 8.13. The fraction of sp³-hybridized carbons (Fsp3) is 0.421. The van der Waals surface area contributed by atoms with Gasteiger partial charge >= 0.3 is 6.09 Å². The number of anilines is 2. The van der Waals surface area contributed by atoms with Crippen molar-refractivity contribution < 1.29 is 18.7 Å². The molecule has 8 nitrogen and oxygen atoms in total. The number of nitrogens with one attached hydrogen (secondary N) is 1. The summed E-state index contributed by atoms with van der Waals surface area (Å²) in [4.78, 5) is 26.5. The highest BCUT2D eigenvalue weighted by atomic mass is 79.9. The smallest absolute Gasteiger partial charge is 0.414 e. The van der Waals surface area contributed by atoms with Crippen LogP contribution < -0.4 is 15.1 Å². The Morgan fingerprint density at radius 1 is 1.41 bits per heavy atom. The van der Waals surface area contributed by atoms with Crippen molar-refractivity contribution in [2.24, 2.45) is 0 Å². The number of hydrogen-bond acceptors (Lipinski definition) is 5. The molecule has 0 saturated carbocycles. The summed E-state index contributed by atoms with van der Waals surface area (Å²) in [6.07, 6.45) is 3.54. The molecule has 2 fully saturated rings. The van der Waals surface area contributed by atoms with E-state index in [2.05, 4.69) is 26.3 Å². The monoisotopic (exact) mass is 465 g/mol. The van der Waals surface area contributed by atoms with E-state index in [1.54, 1.807) is 18.3 Å². The topological polar surface area (TPSA) is 79.7 Å². The van der Waals surface area contributed by atoms with Gasteiger partial charge in [-0.3, -0.25) is 14.4 Å². The Bertz CT molecular complexity index is 936. The first-order valence-corrected chi connectivity index (χ1v) is 10.2. The van der Waals surface area contributed by atoms with Gasteiger partial charge in [0.1, 0.15) is 11.9 Å². The van der Waals surface area contributed by atoms with E-state index >= 15 is 0 Å². The average Bonchev–Trinajstić information content (AvgIpc) is 3.39. The Labute approximate surface area is 175 Å². The number of hydrogen-bond donors (Lipinski definition) is 1. The van der Waals surface area contributed by atoms with Crippen molar-refractivity contribution in [2.75, 3.05) is 36.0 Å². The predicted octanol–water partition coefficient (Wildman–Crippen LogP) is 2.70. The standard InChI is InChI=1S/C19H21BrFN5O3/c1-12(27)22-8-16-11-25(19(28)29-16)14-2-3-18(17(21)6-14)24-5-4-15(10-24)26-9-13(20)7-23-26/h2-3,6-7,9,15-16H,4-5,8,10-11H2,1H3,(H,22,27)/t15-,16+/m1/s1. The van der Waals surface area contributed by atoms with Gasteiger partial charge in [0.05, 0.1) is 41.2 Å². The Hall–Kier alpha value is -2.62. The minimum absolute atomic E-state index is 0.184. The van der Waals surface area contributed by atoms with Crippen LogP contribution in [0.25, 0.3) is 0 Å². The van der Waals surface area contributed by atoms with Gasteiger partial charge in [0.2, 0.25) is 5.91 Å². The van der Waals surface area contributed by atoms with E-state index in [4.69, 9.17) is 4.74 Å². The summed E-state index contributed by atoms with van der Waals surface area (Å²) in [6.45, 7) is 3.28. The van der Waals surface area contributed by atoms with Gasteiger partial charge in [-0.2, -0.15) is 5.10 Å². The van der Waals surface area contributed by atoms with Crippen molar-refractivity contribution in [3.05, 3.63) is 40.9 Å². The summed E-state index contributed by atoms with van der Waals surface area (Å²) in [5, 5.41) is 6.94. The minimum Gasteiger partial charge on any atom is -0.442 e. The summed E-state index contributed by atoms with van der Waals surface area (Å²) < 4.78 is 22.9. The van der Waals surface area contributed by atoms with Gasteiger partial charge in [0.25, 0.3) is 0 Å². The van der Waals surface area contributed by atoms with Crippen LogP contribution in [-0.2, 0) is 9.53 Å². The molecule has 2 aliphatic rings. The maximum Gasteiger partial charge on any atom is 0.414 e. The molecule has 4 rings (SSSR count). The molecule has 154 valence electrons. The third-order valence-corrected chi connectivity index (χ3v) is 5.55. The maximum atomic E-state index is 14.9. The molecule has 0 radical (unpaired) electrons. The highest BCUT2D eigenvalue weighted by Crippen LogP contribution is 2.32. The SMILES string of the molecule is CC(=O)NC[C@H]1CN(c2ccc(N3CC[C@@H](n4cc(Br)cn4)C3)c(F)c2)C(=O)O1. The minimum atomic E-state index is -0.544. The van der Waals surface area contributed by atoms with Crippen molar-refractivity contribution in [1.82, 2.24) is 15.1 Å². The van der Waals surface area contributed by atoms with Crippen LogP contribution in [0, 0.1) is 5.82 Å². The average molecular weight is 466 g/mol. The third-order valence-electron chi connectivity index (χ3n) is 5.14. The van der Waals surface area contributed by atoms with Crippen LogP contribution in [0.15, 0.2) is 35.1 Å². The number of nitrogens with zero attached hydrogens (tertiary/aromatic N) is 4. The number of carbonyl (C=O) groups is 2. The fourth-order valence-electron chi connectivity index (χ4n) is 3.71. The van der Waals surface area contributed by atoms with Crippen LogP contribution in [0.2, 0.25) is 0 Å². The lowest BCUT2D eigenvalue weighted by atomic mass is 10.2. The quantitative estimate of drug-likeness (QED) is 0.734. The molecule has 1 N–H and O–H groups in total. The molecule has 3 heterocycles. The van der Waals surface area contributed by atoms with Gasteiger partial charge in [-0.05, 0) is 40.5 Å². The van der Waals surface area contributed by atoms with Crippen LogP contribution in [0.5, 0.6) is 0 Å². The summed E-state index contributed by atoms with van der Waals surface area (Å²) in [5.41, 5.74) is 0.943. The van der Waals surface area contributed by atoms with Gasteiger partial charge in [-0.25, -0.2) is 9.18 Å². The van der Waals surface area contributed by atoms with Crippen molar-refractivity contribution in [2.45, 2.75) is 25.5 Å². The molecule has 2 aliphatic heterocycles. The summed E-state index contributed by atoms with van der Waals surface area (Å²) >= 11 is 3.40. The van der Waals surface area contributed by atoms with Crippen LogP contribution in [0.1, 0.15) is 19.4 Å². The molecule has 2 atom stereocenters. The highest BCUT2D eigenvalue weighted by molar-refractivity contribution is 9.10. The number of ether oxygens (including phenoxy) is 1. The molecule has 0 aliphatic carbocycles. The lowest BCUT2D eigenvalue weighted by Gasteiger charge is -2.21. The van der Waals surface area contributed by atoms with E-state index in [-0.39, 0.29) is 30.9 Å². The van der Waals surface area contributed by atoms with E-state index in [1.807, 2.05) is 15.8 Å². The van der Waals surface area contributed by atoms with E-state index in [9.17, 15) is 14.0 Å². The number of cyclic esters (lactones) is 1. The first-order chi connectivity index (χ1) is 13.9. The van der Waals surface area contributed by atoms with Gasteiger partial charge in [-0.15, -0.1) is 0 Å². The molecule has 10 heteroatoms. The number of rotatable bonds is 5. The van der Waals surface area contributed by atoms with Crippen LogP contribution in [-0.4, -0.2) is 54.1 Å². The van der Waals surface area contributed by atoms with E-state index in [0.717, 1.165) is 17.4 Å². The largest absolute Gasteiger partial charge is 0.442 e. The van der Waals surface area contributed by atoms with Crippen LogP contribution >= 0.6 is 15.9 Å². The maximum absolute atomic E-state index is 14.9. The van der Waals surface area contributed by atoms with E-state index in [1.165, 1.54) is 17.9 Å². The summed E-state index contributed by atoms with van der Waals surface area (Å²) in [7, 11) is 0. The molecule has 2 amide bonds. The lowest BCUT2D eigenvalue weighted by molar-refractivity contribution is -0.119. The van der Waals surface area contributed by atoms with E-state index in [0.29, 0.717) is 17.9 Å². The number of aromatic nitrogens is 2. The second-order valence-electron chi connectivity index (χ2n) is 7.22. The number of amides is 2. The number of carbonyl (C=O) groups excluding carboxylic acids is 2. The Morgan fingerprint density at radius 3 is 2.93 bits per heavy atom. The zero-order chi connectivity index (χ0) is 20.5. The van der Waals surface area contributed by atoms with Gasteiger partial charge in [-0.1, -0.05) is 0 Å². The second kappa shape index (κ2) is 8.02. The molecule has 2 saturated heterocycles. The zero-order valence-electron chi connectivity index (χ0n) is 15.8. The molecule has 29 heavy (non-hydrogen) atoms. The molecule has 0 bridgehead atoms. The Balaban J connectivity index is 1.43. The number of benzene rings is 1. The zero-order valence-corrected chi connectivity index (χ0v) is 17.4. The molecule has 2 aromatic rings. The first kappa shape index (κ1) is 19.7. The van der Waals surface area contributed by atoms with Crippen molar-refractivity contribution in [3.63, 3.8) is 0 Å². The Morgan fingerprint density at radius 2 is 2.24 bits per heavy atom. The highest BCUT2D eigenvalue weighted by Gasteiger charge is 2.33. The third kappa shape index (κ3) is 4.21. The summed E-state index contributed by atoms with van der Waals surface area (Å²) in [5.74, 6) is -0.579. The summed E-state index contributed by atoms with van der Waals surface area (Å²) in [6, 6.07) is 4.96. The molecule has 0 spiro atoms. The molecular weight excluding hydrogens is 445 g/mol. The van der Waals surface area contributed by atoms with Crippen LogP contribution in [0.4, 0.5) is 20.6 Å². The van der Waals surface area contributed by atoms with E-state index < -0.39 is 12.2 Å². The predicted molar refractivity (Wildman–Crippen MR) is 108 cm³/mol. The first-order valence-electron chi connectivity index (χ1n) is 9.37. The molecule has 0 unspecified atom stereocenters. The normalized spacial score (nSPS) is 21.6. The van der Waals surface area contributed by atoms with Crippen molar-refractivity contribution in [3.8, 4) is 0 Å². The van der Waals surface area contributed by atoms with Gasteiger partial charge < -0.3 is 15.0 Å². The molecule has 1 aromatic carbocycles. The number of halogens is 2. The Kier molecular flexibility index (Phi) is 5.44.